The minimum Gasteiger partial charge on any atom is -0.456 e. The maximum atomic E-state index is 7.08. The third-order valence-corrected chi connectivity index (χ3v) is 18.4. The first kappa shape index (κ1) is 41.5. The third-order valence-electron chi connectivity index (χ3n) is 18.4. The zero-order chi connectivity index (χ0) is 49.2. The molecule has 350 valence electrons. The van der Waals surface area contributed by atoms with Crippen molar-refractivity contribution in [3.8, 4) is 44.5 Å². The summed E-state index contributed by atoms with van der Waals surface area (Å²) in [5.41, 5.74) is 27.7. The van der Waals surface area contributed by atoms with Gasteiger partial charge in [-0.15, -0.1) is 0 Å². The highest BCUT2D eigenvalue weighted by Crippen LogP contribution is 2.64. The molecule has 2 aromatic heterocycles. The molecule has 2 heterocycles. The highest BCUT2D eigenvalue weighted by atomic mass is 16.3. The number of hydrogen-bond donors (Lipinski definition) is 0. The molecule has 10 aromatic carbocycles. The summed E-state index contributed by atoms with van der Waals surface area (Å²) in [6.07, 6.45) is 0. The van der Waals surface area contributed by atoms with Gasteiger partial charge in [-0.1, -0.05) is 171 Å². The molecule has 0 bridgehead atoms. The first-order chi connectivity index (χ1) is 35.2. The van der Waals surface area contributed by atoms with E-state index < -0.39 is 0 Å². The fraction of sp³-hybridized carbons (Fsp3) is 0.171. The maximum absolute atomic E-state index is 7.08. The first-order valence-electron chi connectivity index (χ1n) is 26.1. The molecule has 16 rings (SSSR count). The van der Waals surface area contributed by atoms with Crippen LogP contribution in [-0.2, 0) is 21.7 Å². The van der Waals surface area contributed by atoms with Gasteiger partial charge in [-0.25, -0.2) is 0 Å². The lowest BCUT2D eigenvalue weighted by molar-refractivity contribution is 0.600. The molecule has 4 aliphatic carbocycles. The van der Waals surface area contributed by atoms with Crippen molar-refractivity contribution in [3.05, 3.63) is 220 Å². The Morgan fingerprint density at radius 3 is 1.66 bits per heavy atom. The van der Waals surface area contributed by atoms with Crippen molar-refractivity contribution < 1.29 is 8.83 Å². The molecule has 0 fully saturated rings. The number of fused-ring (bicyclic) bond motifs is 23. The van der Waals surface area contributed by atoms with E-state index in [1.807, 2.05) is 0 Å². The third kappa shape index (κ3) is 5.01. The summed E-state index contributed by atoms with van der Waals surface area (Å²) in [6.45, 7) is 19.4. The molecule has 0 unspecified atom stereocenters. The number of para-hydroxylation sites is 2. The van der Waals surface area contributed by atoms with Gasteiger partial charge in [0.2, 0.25) is 0 Å². The van der Waals surface area contributed by atoms with Gasteiger partial charge in [-0.3, -0.25) is 0 Å². The number of furan rings is 2. The Labute approximate surface area is 425 Å². The Morgan fingerprint density at radius 1 is 0.329 bits per heavy atom. The van der Waals surface area contributed by atoms with E-state index in [-0.39, 0.29) is 21.7 Å². The van der Waals surface area contributed by atoms with Crippen LogP contribution in [0.25, 0.3) is 99.2 Å². The summed E-state index contributed by atoms with van der Waals surface area (Å²) in [7, 11) is 0. The minimum atomic E-state index is -0.343. The Morgan fingerprint density at radius 2 is 0.877 bits per heavy atom. The number of benzene rings is 10. The number of rotatable bonds is 3. The van der Waals surface area contributed by atoms with Gasteiger partial charge in [0.1, 0.15) is 22.3 Å². The second kappa shape index (κ2) is 13.5. The van der Waals surface area contributed by atoms with Gasteiger partial charge >= 0.3 is 0 Å². The SMILES string of the molecule is CC1(C)c2cc(N(c3ccc4c(c3)C(C)(C)c3c5c(c6c(oc7ccccc76)c3-4)-c3ccccc3C5(C)C)c3cccc4ccccc34)ccc2-c2cc3c(cc21)-c1c(ccc2oc4ccccc4c12)C3(C)C. The molecule has 0 saturated heterocycles. The lowest BCUT2D eigenvalue weighted by Crippen LogP contribution is -2.24. The first-order valence-corrected chi connectivity index (χ1v) is 26.1. The van der Waals surface area contributed by atoms with Crippen LogP contribution in [-0.4, -0.2) is 0 Å². The monoisotopic (exact) mass is 939 g/mol. The van der Waals surface area contributed by atoms with Crippen molar-refractivity contribution in [1.29, 1.82) is 0 Å². The molecular weight excluding hydrogens is 887 g/mol. The highest BCUT2D eigenvalue weighted by Gasteiger charge is 2.49. The number of hydrogen-bond acceptors (Lipinski definition) is 3. The van der Waals surface area contributed by atoms with Gasteiger partial charge in [0, 0.05) is 65.5 Å². The van der Waals surface area contributed by atoms with Gasteiger partial charge in [-0.05, 0) is 150 Å². The van der Waals surface area contributed by atoms with Gasteiger partial charge in [0.05, 0.1) is 5.69 Å². The smallest absolute Gasteiger partial charge is 0.144 e. The van der Waals surface area contributed by atoms with Gasteiger partial charge in [0.15, 0.2) is 0 Å². The molecule has 0 amide bonds. The van der Waals surface area contributed by atoms with Crippen LogP contribution in [0.4, 0.5) is 17.1 Å². The van der Waals surface area contributed by atoms with E-state index in [2.05, 4.69) is 236 Å². The summed E-state index contributed by atoms with van der Waals surface area (Å²) in [5.74, 6) is 0. The van der Waals surface area contributed by atoms with Gasteiger partial charge in [0.25, 0.3) is 0 Å². The fourth-order valence-electron chi connectivity index (χ4n) is 14.9. The molecule has 0 spiro atoms. The molecule has 4 aliphatic rings. The van der Waals surface area contributed by atoms with Crippen molar-refractivity contribution >= 4 is 71.7 Å². The topological polar surface area (TPSA) is 29.5 Å². The van der Waals surface area contributed by atoms with Crippen molar-refractivity contribution in [1.82, 2.24) is 0 Å². The number of anilines is 3. The second-order valence-corrected chi connectivity index (χ2v) is 23.5. The summed E-state index contributed by atoms with van der Waals surface area (Å²) in [4.78, 5) is 2.53. The van der Waals surface area contributed by atoms with E-state index >= 15 is 0 Å². The Hall–Kier alpha value is -8.14. The lowest BCUT2D eigenvalue weighted by atomic mass is 9.72. The molecule has 0 aliphatic heterocycles. The van der Waals surface area contributed by atoms with Crippen LogP contribution >= 0.6 is 0 Å². The number of nitrogens with zero attached hydrogens (tertiary/aromatic N) is 1. The van der Waals surface area contributed by atoms with E-state index in [4.69, 9.17) is 8.83 Å². The minimum absolute atomic E-state index is 0.179. The Balaban J connectivity index is 0.899. The van der Waals surface area contributed by atoms with Crippen molar-refractivity contribution in [2.24, 2.45) is 0 Å². The predicted molar refractivity (Wildman–Crippen MR) is 303 cm³/mol. The van der Waals surface area contributed by atoms with Crippen LogP contribution in [0.3, 0.4) is 0 Å². The summed E-state index contributed by atoms with van der Waals surface area (Å²) >= 11 is 0. The normalized spacial score (nSPS) is 16.4. The van der Waals surface area contributed by atoms with Gasteiger partial charge in [-0.2, -0.15) is 0 Å². The summed E-state index contributed by atoms with van der Waals surface area (Å²) in [6, 6.07) is 65.9. The summed E-state index contributed by atoms with van der Waals surface area (Å²) < 4.78 is 13.6. The van der Waals surface area contributed by atoms with E-state index in [0.29, 0.717) is 0 Å². The van der Waals surface area contributed by atoms with Crippen LogP contribution in [0, 0.1) is 0 Å². The van der Waals surface area contributed by atoms with Crippen LogP contribution in [0.5, 0.6) is 0 Å². The molecule has 0 radical (unpaired) electrons. The predicted octanol–water partition coefficient (Wildman–Crippen LogP) is 19.3. The van der Waals surface area contributed by atoms with Crippen LogP contribution in [0.2, 0.25) is 0 Å². The molecule has 0 saturated carbocycles. The lowest BCUT2D eigenvalue weighted by Gasteiger charge is -2.32. The van der Waals surface area contributed by atoms with Crippen LogP contribution < -0.4 is 4.90 Å². The van der Waals surface area contributed by atoms with Crippen LogP contribution in [0.15, 0.2) is 185 Å². The van der Waals surface area contributed by atoms with E-state index in [1.54, 1.807) is 0 Å². The quantitative estimate of drug-likeness (QED) is 0.177. The standard InChI is InChI=1S/C70H53NO2/c1-67(2)50-32-33-58-60(45-22-12-15-26-56(45)72-58)59(50)48-37-53-47(36-54(48)67)42-30-28-39(34-51(42)68(53,3)4)71(55-25-17-19-38-18-9-10-20-41(38)55)40-29-31-44-52(35-40)70(7,8)65-63(44)66-62(46-23-13-16-27-57(46)73-66)61-43-21-11-14-24-49(43)69(5,6)64(61)65/h9-37H,1-8H3. The van der Waals surface area contributed by atoms with Crippen molar-refractivity contribution in [3.63, 3.8) is 0 Å². The molecule has 3 heteroatoms. The largest absolute Gasteiger partial charge is 0.456 e. The second-order valence-electron chi connectivity index (χ2n) is 23.5. The Kier molecular flexibility index (Phi) is 7.65. The zero-order valence-corrected chi connectivity index (χ0v) is 42.5. The van der Waals surface area contributed by atoms with E-state index in [9.17, 15) is 0 Å². The molecule has 3 nitrogen and oxygen atoms in total. The maximum Gasteiger partial charge on any atom is 0.144 e. The molecular formula is C70H53NO2. The van der Waals surface area contributed by atoms with E-state index in [1.165, 1.54) is 121 Å². The van der Waals surface area contributed by atoms with E-state index in [0.717, 1.165) is 39.4 Å². The molecule has 0 atom stereocenters. The Bertz CT molecular complexity index is 4500. The highest BCUT2D eigenvalue weighted by molar-refractivity contribution is 6.21. The van der Waals surface area contributed by atoms with Crippen molar-refractivity contribution in [2.75, 3.05) is 4.90 Å². The van der Waals surface area contributed by atoms with Crippen LogP contribution in [0.1, 0.15) is 99.9 Å². The fourth-order valence-corrected chi connectivity index (χ4v) is 14.9. The van der Waals surface area contributed by atoms with Crippen molar-refractivity contribution in [2.45, 2.75) is 77.0 Å². The molecule has 73 heavy (non-hydrogen) atoms. The molecule has 0 N–H and O–H groups in total. The average molecular weight is 940 g/mol. The average Bonchev–Trinajstić information content (AvgIpc) is 4.24. The van der Waals surface area contributed by atoms with Gasteiger partial charge < -0.3 is 13.7 Å². The zero-order valence-electron chi connectivity index (χ0n) is 42.5. The summed E-state index contributed by atoms with van der Waals surface area (Å²) in [5, 5.41) is 7.25. The molecule has 12 aromatic rings.